The van der Waals surface area contributed by atoms with Crippen LogP contribution in [0.4, 0.5) is 4.39 Å². The number of nitrogens with zero attached hydrogens (tertiary/aromatic N) is 1. The lowest BCUT2D eigenvalue weighted by Gasteiger charge is -2.23. The van der Waals surface area contributed by atoms with Gasteiger partial charge in [-0.1, -0.05) is 19.9 Å². The van der Waals surface area contributed by atoms with Crippen LogP contribution < -0.4 is 0 Å². The fraction of sp³-hybridized carbons (Fsp3) is 0.462. The highest BCUT2D eigenvalue weighted by Gasteiger charge is 2.17. The largest absolute Gasteiger partial charge is 0.348 e. The maximum atomic E-state index is 13.3. The van der Waals surface area contributed by atoms with Crippen LogP contribution in [0, 0.1) is 17.1 Å². The van der Waals surface area contributed by atoms with Gasteiger partial charge in [-0.3, -0.25) is 0 Å². The molecule has 0 aliphatic carbocycles. The molecule has 1 fully saturated rings. The van der Waals surface area contributed by atoms with Crippen molar-refractivity contribution in [3.05, 3.63) is 35.1 Å². The zero-order valence-electron chi connectivity index (χ0n) is 10.1. The molecular weight excluding hydrogens is 221 g/mol. The predicted octanol–water partition coefficient (Wildman–Crippen LogP) is 3.16. The summed E-state index contributed by atoms with van der Waals surface area (Å²) in [4.78, 5) is 0. The number of benzene rings is 1. The molecule has 0 aromatic heterocycles. The van der Waals surface area contributed by atoms with Gasteiger partial charge in [-0.05, 0) is 18.6 Å². The number of rotatable bonds is 1. The Morgan fingerprint density at radius 1 is 1.29 bits per heavy atom. The van der Waals surface area contributed by atoms with Crippen LogP contribution in [0.3, 0.4) is 0 Å². The van der Waals surface area contributed by atoms with E-state index in [1.807, 2.05) is 13.8 Å². The fourth-order valence-electron chi connectivity index (χ4n) is 1.45. The standard InChI is InChI=1S/C11H10FNO2.C2H6/c12-10-6-8(2-3-9(10)7-13)11-14-4-1-5-15-11;1-2/h2-3,6,11H,1,4-5H2;1-2H3. The predicted molar refractivity (Wildman–Crippen MR) is 61.7 cm³/mol. The Morgan fingerprint density at radius 2 is 1.94 bits per heavy atom. The topological polar surface area (TPSA) is 42.2 Å². The van der Waals surface area contributed by atoms with Gasteiger partial charge in [0.05, 0.1) is 18.8 Å². The first-order chi connectivity index (χ1) is 8.31. The SMILES string of the molecule is CC.N#Cc1ccc(C2OCCCO2)cc1F. The van der Waals surface area contributed by atoms with E-state index >= 15 is 0 Å². The van der Waals surface area contributed by atoms with E-state index in [4.69, 9.17) is 14.7 Å². The van der Waals surface area contributed by atoms with E-state index in [9.17, 15) is 4.39 Å². The second kappa shape index (κ2) is 7.00. The van der Waals surface area contributed by atoms with E-state index in [0.717, 1.165) is 6.42 Å². The lowest BCUT2D eigenvalue weighted by Crippen LogP contribution is -2.17. The summed E-state index contributed by atoms with van der Waals surface area (Å²) in [5.74, 6) is -0.534. The third-order valence-electron chi connectivity index (χ3n) is 2.21. The quantitative estimate of drug-likeness (QED) is 0.753. The first-order valence-electron chi connectivity index (χ1n) is 5.74. The Balaban J connectivity index is 0.000000686. The molecule has 1 aliphatic heterocycles. The third-order valence-corrected chi connectivity index (χ3v) is 2.21. The summed E-state index contributed by atoms with van der Waals surface area (Å²) in [7, 11) is 0. The molecule has 92 valence electrons. The summed E-state index contributed by atoms with van der Waals surface area (Å²) in [6.45, 7) is 5.23. The molecule has 0 atom stereocenters. The summed E-state index contributed by atoms with van der Waals surface area (Å²) in [6.07, 6.45) is 0.357. The van der Waals surface area contributed by atoms with Crippen LogP contribution in [0.2, 0.25) is 0 Å². The Bertz CT molecular complexity index is 395. The van der Waals surface area contributed by atoms with Gasteiger partial charge >= 0.3 is 0 Å². The molecule has 0 spiro atoms. The minimum Gasteiger partial charge on any atom is -0.348 e. The molecule has 3 nitrogen and oxygen atoms in total. The average Bonchev–Trinajstić information content (AvgIpc) is 2.42. The minimum absolute atomic E-state index is 0.0366. The van der Waals surface area contributed by atoms with Crippen molar-refractivity contribution in [1.82, 2.24) is 0 Å². The van der Waals surface area contributed by atoms with Gasteiger partial charge in [0.15, 0.2) is 6.29 Å². The Kier molecular flexibility index (Phi) is 5.61. The third kappa shape index (κ3) is 3.52. The monoisotopic (exact) mass is 237 g/mol. The van der Waals surface area contributed by atoms with Crippen molar-refractivity contribution in [2.24, 2.45) is 0 Å². The number of nitriles is 1. The van der Waals surface area contributed by atoms with Crippen LogP contribution in [0.5, 0.6) is 0 Å². The van der Waals surface area contributed by atoms with Crippen LogP contribution in [0.15, 0.2) is 18.2 Å². The summed E-state index contributed by atoms with van der Waals surface area (Å²) >= 11 is 0. The number of ether oxygens (including phenoxy) is 2. The van der Waals surface area contributed by atoms with E-state index in [-0.39, 0.29) is 5.56 Å². The second-order valence-electron chi connectivity index (χ2n) is 3.28. The van der Waals surface area contributed by atoms with Gasteiger partial charge in [0.2, 0.25) is 0 Å². The number of hydrogen-bond acceptors (Lipinski definition) is 3. The van der Waals surface area contributed by atoms with E-state index in [2.05, 4.69) is 0 Å². The van der Waals surface area contributed by atoms with Crippen LogP contribution >= 0.6 is 0 Å². The molecule has 0 bridgehead atoms. The van der Waals surface area contributed by atoms with Crippen LogP contribution in [-0.2, 0) is 9.47 Å². The van der Waals surface area contributed by atoms with Crippen LogP contribution in [0.1, 0.15) is 37.7 Å². The van der Waals surface area contributed by atoms with Crippen molar-refractivity contribution in [3.8, 4) is 6.07 Å². The first-order valence-corrected chi connectivity index (χ1v) is 5.74. The van der Waals surface area contributed by atoms with Gasteiger partial charge < -0.3 is 9.47 Å². The van der Waals surface area contributed by atoms with Crippen molar-refractivity contribution in [2.75, 3.05) is 13.2 Å². The average molecular weight is 237 g/mol. The maximum absolute atomic E-state index is 13.3. The zero-order chi connectivity index (χ0) is 12.7. The molecule has 17 heavy (non-hydrogen) atoms. The molecule has 1 aromatic rings. The van der Waals surface area contributed by atoms with E-state index in [1.54, 1.807) is 12.1 Å². The van der Waals surface area contributed by atoms with E-state index in [1.165, 1.54) is 12.1 Å². The van der Waals surface area contributed by atoms with Crippen LogP contribution in [0.25, 0.3) is 0 Å². The molecule has 4 heteroatoms. The molecule has 0 radical (unpaired) electrons. The van der Waals surface area contributed by atoms with Crippen molar-refractivity contribution in [3.63, 3.8) is 0 Å². The van der Waals surface area contributed by atoms with Crippen molar-refractivity contribution in [2.45, 2.75) is 26.6 Å². The van der Waals surface area contributed by atoms with Crippen molar-refractivity contribution in [1.29, 1.82) is 5.26 Å². The fourth-order valence-corrected chi connectivity index (χ4v) is 1.45. The lowest BCUT2D eigenvalue weighted by atomic mass is 10.1. The van der Waals surface area contributed by atoms with Gasteiger partial charge in [-0.15, -0.1) is 0 Å². The van der Waals surface area contributed by atoms with Gasteiger partial charge in [0.25, 0.3) is 0 Å². The summed E-state index contributed by atoms with van der Waals surface area (Å²) in [5.41, 5.74) is 0.653. The number of hydrogen-bond donors (Lipinski definition) is 0. The molecule has 1 saturated heterocycles. The molecule has 0 amide bonds. The highest BCUT2D eigenvalue weighted by Crippen LogP contribution is 2.24. The normalized spacial score (nSPS) is 15.6. The Hall–Kier alpha value is -1.44. The van der Waals surface area contributed by atoms with E-state index < -0.39 is 12.1 Å². The first kappa shape index (κ1) is 13.6. The van der Waals surface area contributed by atoms with Gasteiger partial charge in [-0.25, -0.2) is 4.39 Å². The second-order valence-corrected chi connectivity index (χ2v) is 3.28. The Morgan fingerprint density at radius 3 is 2.47 bits per heavy atom. The maximum Gasteiger partial charge on any atom is 0.183 e. The molecule has 1 aliphatic rings. The summed E-state index contributed by atoms with van der Waals surface area (Å²) in [5, 5.41) is 8.57. The molecule has 0 saturated carbocycles. The smallest absolute Gasteiger partial charge is 0.183 e. The zero-order valence-corrected chi connectivity index (χ0v) is 10.1. The molecule has 2 rings (SSSR count). The highest BCUT2D eigenvalue weighted by molar-refractivity contribution is 5.33. The van der Waals surface area contributed by atoms with Gasteiger partial charge in [-0.2, -0.15) is 5.26 Å². The summed E-state index contributed by atoms with van der Waals surface area (Å²) in [6, 6.07) is 6.14. The summed E-state index contributed by atoms with van der Waals surface area (Å²) < 4.78 is 23.9. The van der Waals surface area contributed by atoms with Crippen molar-refractivity contribution < 1.29 is 13.9 Å². The molecule has 1 aromatic carbocycles. The van der Waals surface area contributed by atoms with Gasteiger partial charge in [0, 0.05) is 5.56 Å². The van der Waals surface area contributed by atoms with E-state index in [0.29, 0.717) is 18.8 Å². The van der Waals surface area contributed by atoms with Gasteiger partial charge in [0.1, 0.15) is 11.9 Å². The molecular formula is C13H16FNO2. The minimum atomic E-state index is -0.534. The Labute approximate surface area is 101 Å². The van der Waals surface area contributed by atoms with Crippen LogP contribution in [-0.4, -0.2) is 13.2 Å². The molecule has 0 unspecified atom stereocenters. The number of halogens is 1. The lowest BCUT2D eigenvalue weighted by molar-refractivity contribution is -0.183. The van der Waals surface area contributed by atoms with Crippen molar-refractivity contribution >= 4 is 0 Å². The molecule has 1 heterocycles. The highest BCUT2D eigenvalue weighted by atomic mass is 19.1. The molecule has 0 N–H and O–H groups in total.